The third-order valence-electron chi connectivity index (χ3n) is 3.79. The fourth-order valence-corrected chi connectivity index (χ4v) is 4.12. The number of nitrogens with zero attached hydrogens (tertiary/aromatic N) is 1. The summed E-state index contributed by atoms with van der Waals surface area (Å²) in [6.45, 7) is 1.37. The second kappa shape index (κ2) is 7.44. The minimum absolute atomic E-state index is 0.0645. The summed E-state index contributed by atoms with van der Waals surface area (Å²) < 4.78 is 28.2. The van der Waals surface area contributed by atoms with Gasteiger partial charge in [0, 0.05) is 22.6 Å². The number of anilines is 1. The van der Waals surface area contributed by atoms with Gasteiger partial charge in [0.2, 0.25) is 0 Å². The van der Waals surface area contributed by atoms with Crippen LogP contribution in [0.4, 0.5) is 18.8 Å². The van der Waals surface area contributed by atoms with Crippen LogP contribution < -0.4 is 5.32 Å². The van der Waals surface area contributed by atoms with Crippen LogP contribution in [0, 0.1) is 23.5 Å². The number of rotatable bonds is 5. The number of nitroso groups, excluding NO2 is 1. The van der Waals surface area contributed by atoms with Crippen LogP contribution in [0.15, 0.2) is 28.8 Å². The van der Waals surface area contributed by atoms with Gasteiger partial charge in [-0.1, -0.05) is 12.1 Å². The van der Waals surface area contributed by atoms with Crippen molar-refractivity contribution in [3.63, 3.8) is 0 Å². The summed E-state index contributed by atoms with van der Waals surface area (Å²) in [5, 5.41) is 25.2. The number of aromatic carboxylic acids is 1. The fourth-order valence-electron chi connectivity index (χ4n) is 2.45. The number of carboxylic acids is 1. The SMILES string of the molecule is Cc1ccc(-c2csc(NC(=O)c3sc(N=O)cc3O)c2C(=O)O)c(F)c1F. The van der Waals surface area contributed by atoms with E-state index in [-0.39, 0.29) is 31.6 Å². The van der Waals surface area contributed by atoms with Gasteiger partial charge in [-0.25, -0.2) is 13.6 Å². The number of aryl methyl sites for hydroxylation is 1. The summed E-state index contributed by atoms with van der Waals surface area (Å²) in [5.74, 6) is -5.11. The fraction of sp³-hybridized carbons (Fsp3) is 0.0588. The van der Waals surface area contributed by atoms with Crippen molar-refractivity contribution in [2.75, 3.05) is 5.32 Å². The zero-order chi connectivity index (χ0) is 20.6. The highest BCUT2D eigenvalue weighted by Gasteiger charge is 2.26. The Morgan fingerprint density at radius 2 is 1.89 bits per heavy atom. The highest BCUT2D eigenvalue weighted by atomic mass is 32.1. The summed E-state index contributed by atoms with van der Waals surface area (Å²) >= 11 is 1.41. The molecule has 2 heterocycles. The predicted octanol–water partition coefficient (Wildman–Crippen LogP) is 5.12. The van der Waals surface area contributed by atoms with E-state index in [0.717, 1.165) is 17.4 Å². The lowest BCUT2D eigenvalue weighted by molar-refractivity contribution is 0.0699. The first kappa shape index (κ1) is 19.6. The van der Waals surface area contributed by atoms with E-state index < -0.39 is 34.8 Å². The number of aromatic hydroxyl groups is 1. The van der Waals surface area contributed by atoms with Gasteiger partial charge in [-0.3, -0.25) is 4.79 Å². The standard InChI is InChI=1S/C17H10F2N2O5S2/c1-6-2-3-7(13(19)12(6)18)8-5-27-16(11(8)17(24)25)20-15(23)14-9(22)4-10(21-26)28-14/h2-5,22H,1H3,(H,20,23)(H,24,25). The summed E-state index contributed by atoms with van der Waals surface area (Å²) in [6, 6.07) is 3.56. The lowest BCUT2D eigenvalue weighted by Gasteiger charge is -2.07. The maximum absolute atomic E-state index is 14.3. The van der Waals surface area contributed by atoms with Crippen molar-refractivity contribution < 1.29 is 28.6 Å². The monoisotopic (exact) mass is 424 g/mol. The maximum atomic E-state index is 14.3. The molecular weight excluding hydrogens is 414 g/mol. The number of benzene rings is 1. The highest BCUT2D eigenvalue weighted by Crippen LogP contribution is 2.39. The molecule has 0 atom stereocenters. The molecular formula is C17H10F2N2O5S2. The van der Waals surface area contributed by atoms with E-state index in [2.05, 4.69) is 10.5 Å². The number of amides is 1. The van der Waals surface area contributed by atoms with E-state index in [4.69, 9.17) is 0 Å². The molecule has 0 spiro atoms. The first-order valence-corrected chi connectivity index (χ1v) is 9.21. The summed E-state index contributed by atoms with van der Waals surface area (Å²) in [7, 11) is 0. The number of carboxylic acid groups (broad SMARTS) is 1. The molecule has 0 aliphatic rings. The minimum atomic E-state index is -1.46. The molecule has 7 nitrogen and oxygen atoms in total. The van der Waals surface area contributed by atoms with Crippen LogP contribution in [0.3, 0.4) is 0 Å². The molecule has 0 bridgehead atoms. The molecule has 0 aliphatic carbocycles. The zero-order valence-electron chi connectivity index (χ0n) is 13.9. The second-order valence-corrected chi connectivity index (χ2v) is 7.47. The summed E-state index contributed by atoms with van der Waals surface area (Å²) in [6.07, 6.45) is 0. The Morgan fingerprint density at radius 3 is 2.50 bits per heavy atom. The third kappa shape index (κ3) is 3.37. The van der Waals surface area contributed by atoms with Gasteiger partial charge >= 0.3 is 5.97 Å². The smallest absolute Gasteiger partial charge is 0.339 e. The largest absolute Gasteiger partial charge is 0.506 e. The Balaban J connectivity index is 2.03. The minimum Gasteiger partial charge on any atom is -0.506 e. The van der Waals surface area contributed by atoms with Crippen LogP contribution in [0.2, 0.25) is 0 Å². The third-order valence-corrected chi connectivity index (χ3v) is 5.69. The van der Waals surface area contributed by atoms with E-state index in [9.17, 15) is 33.5 Å². The van der Waals surface area contributed by atoms with Crippen molar-refractivity contribution in [1.82, 2.24) is 0 Å². The first-order chi connectivity index (χ1) is 13.2. The van der Waals surface area contributed by atoms with Crippen LogP contribution >= 0.6 is 22.7 Å². The van der Waals surface area contributed by atoms with Crippen LogP contribution in [0.1, 0.15) is 25.6 Å². The quantitative estimate of drug-likeness (QED) is 0.492. The van der Waals surface area contributed by atoms with Crippen molar-refractivity contribution in [2.45, 2.75) is 6.92 Å². The van der Waals surface area contributed by atoms with Gasteiger partial charge in [0.15, 0.2) is 16.6 Å². The number of hydrogen-bond acceptors (Lipinski definition) is 7. The van der Waals surface area contributed by atoms with Gasteiger partial charge in [0.1, 0.15) is 21.2 Å². The summed E-state index contributed by atoms with van der Waals surface area (Å²) in [5.41, 5.74) is -0.724. The number of halogens is 2. The molecule has 1 amide bonds. The van der Waals surface area contributed by atoms with Crippen molar-refractivity contribution in [3.8, 4) is 16.9 Å². The first-order valence-electron chi connectivity index (χ1n) is 7.51. The molecule has 3 N–H and O–H groups in total. The lowest BCUT2D eigenvalue weighted by Crippen LogP contribution is -2.12. The van der Waals surface area contributed by atoms with Crippen molar-refractivity contribution >= 4 is 44.6 Å². The molecule has 0 fully saturated rings. The molecule has 144 valence electrons. The van der Waals surface area contributed by atoms with Crippen molar-refractivity contribution in [3.05, 3.63) is 56.1 Å². The van der Waals surface area contributed by atoms with E-state index in [1.807, 2.05) is 0 Å². The van der Waals surface area contributed by atoms with Crippen LogP contribution in [0.25, 0.3) is 11.1 Å². The zero-order valence-corrected chi connectivity index (χ0v) is 15.6. The molecule has 11 heteroatoms. The van der Waals surface area contributed by atoms with E-state index >= 15 is 0 Å². The average molecular weight is 424 g/mol. The normalized spacial score (nSPS) is 10.7. The molecule has 0 aliphatic heterocycles. The Kier molecular flexibility index (Phi) is 5.21. The van der Waals surface area contributed by atoms with Gasteiger partial charge < -0.3 is 15.5 Å². The number of carbonyl (C=O) groups is 2. The Labute approximate surface area is 163 Å². The number of carbonyl (C=O) groups excluding carboxylic acids is 1. The van der Waals surface area contributed by atoms with E-state index in [0.29, 0.717) is 11.3 Å². The molecule has 1 aromatic carbocycles. The molecule has 2 aromatic heterocycles. The lowest BCUT2D eigenvalue weighted by atomic mass is 10.0. The van der Waals surface area contributed by atoms with Crippen LogP contribution in [0.5, 0.6) is 5.75 Å². The van der Waals surface area contributed by atoms with Gasteiger partial charge in [-0.2, -0.15) is 0 Å². The highest BCUT2D eigenvalue weighted by molar-refractivity contribution is 7.18. The molecule has 28 heavy (non-hydrogen) atoms. The molecule has 0 radical (unpaired) electrons. The topological polar surface area (TPSA) is 116 Å². The molecule has 0 saturated carbocycles. The van der Waals surface area contributed by atoms with Crippen LogP contribution in [-0.2, 0) is 0 Å². The van der Waals surface area contributed by atoms with Gasteiger partial charge in [0.05, 0.1) is 0 Å². The second-order valence-electron chi connectivity index (χ2n) is 5.56. The van der Waals surface area contributed by atoms with E-state index in [1.165, 1.54) is 24.4 Å². The van der Waals surface area contributed by atoms with Crippen molar-refractivity contribution in [1.29, 1.82) is 0 Å². The Morgan fingerprint density at radius 1 is 1.18 bits per heavy atom. The summed E-state index contributed by atoms with van der Waals surface area (Å²) in [4.78, 5) is 34.3. The Bertz CT molecular complexity index is 1120. The molecule has 0 unspecified atom stereocenters. The van der Waals surface area contributed by atoms with Crippen molar-refractivity contribution in [2.24, 2.45) is 5.18 Å². The number of hydrogen-bond donors (Lipinski definition) is 3. The Hall–Kier alpha value is -3.18. The maximum Gasteiger partial charge on any atom is 0.339 e. The number of thiophene rings is 2. The number of nitrogens with one attached hydrogen (secondary N) is 1. The molecule has 3 aromatic rings. The van der Waals surface area contributed by atoms with Crippen LogP contribution in [-0.4, -0.2) is 22.1 Å². The molecule has 0 saturated heterocycles. The van der Waals surface area contributed by atoms with Gasteiger partial charge in [0.25, 0.3) is 5.91 Å². The predicted molar refractivity (Wildman–Crippen MR) is 101 cm³/mol. The average Bonchev–Trinajstić information content (AvgIpc) is 3.23. The van der Waals surface area contributed by atoms with Gasteiger partial charge in [-0.15, -0.1) is 27.6 Å². The van der Waals surface area contributed by atoms with E-state index in [1.54, 1.807) is 0 Å². The molecule has 3 rings (SSSR count). The van der Waals surface area contributed by atoms with Gasteiger partial charge in [-0.05, 0) is 17.7 Å².